The molecule has 9 heteroatoms. The highest BCUT2D eigenvalue weighted by Crippen LogP contribution is 2.27. The fraction of sp³-hybridized carbons (Fsp3) is 0.235. The van der Waals surface area contributed by atoms with Gasteiger partial charge in [-0.2, -0.15) is 5.10 Å². The summed E-state index contributed by atoms with van der Waals surface area (Å²) in [6.45, 7) is 0.856. The Morgan fingerprint density at radius 3 is 2.81 bits per heavy atom. The smallest absolute Gasteiger partial charge is 0.427 e. The normalized spacial score (nSPS) is 16.8. The van der Waals surface area contributed by atoms with Crippen molar-refractivity contribution in [1.82, 2.24) is 19.7 Å². The first-order chi connectivity index (χ1) is 12.6. The third-order valence-electron chi connectivity index (χ3n) is 4.51. The minimum Gasteiger partial charge on any atom is -0.427 e. The van der Waals surface area contributed by atoms with E-state index in [-0.39, 0.29) is 11.7 Å². The summed E-state index contributed by atoms with van der Waals surface area (Å²) in [5, 5.41) is 25.4. The van der Waals surface area contributed by atoms with Crippen molar-refractivity contribution in [3.05, 3.63) is 53.8 Å². The van der Waals surface area contributed by atoms with Crippen molar-refractivity contribution in [2.24, 2.45) is 0 Å². The number of benzene rings is 1. The number of para-hydroxylation sites is 1. The molecule has 1 aromatic carbocycles. The zero-order chi connectivity index (χ0) is 18.1. The molecule has 2 aromatic heterocycles. The molecule has 2 N–H and O–H groups in total. The van der Waals surface area contributed by atoms with Gasteiger partial charge in [0.25, 0.3) is 5.91 Å². The molecule has 0 saturated carbocycles. The summed E-state index contributed by atoms with van der Waals surface area (Å²) >= 11 is 1.39. The van der Waals surface area contributed by atoms with Crippen LogP contribution in [0.15, 0.2) is 48.1 Å². The molecule has 132 valence electrons. The van der Waals surface area contributed by atoms with E-state index in [1.807, 2.05) is 36.5 Å². The van der Waals surface area contributed by atoms with Crippen molar-refractivity contribution in [3.8, 4) is 16.3 Å². The topological polar surface area (TPSA) is 91.5 Å². The van der Waals surface area contributed by atoms with Crippen LogP contribution in [0, 0.1) is 0 Å². The number of aromatic nitrogens is 3. The maximum absolute atomic E-state index is 12.6. The quantitative estimate of drug-likeness (QED) is 0.684. The van der Waals surface area contributed by atoms with E-state index in [1.54, 1.807) is 21.2 Å². The first kappa shape index (κ1) is 17.0. The van der Waals surface area contributed by atoms with Crippen LogP contribution in [0.1, 0.15) is 16.9 Å². The molecule has 1 atom stereocenters. The van der Waals surface area contributed by atoms with Crippen LogP contribution in [0.4, 0.5) is 0 Å². The van der Waals surface area contributed by atoms with Crippen LogP contribution in [0.25, 0.3) is 16.3 Å². The summed E-state index contributed by atoms with van der Waals surface area (Å²) in [7, 11) is -1.39. The van der Waals surface area contributed by atoms with Crippen LogP contribution in [0.3, 0.4) is 0 Å². The molecule has 7 nitrogen and oxygen atoms in total. The molecular formula is C17H17BN4O3S. The summed E-state index contributed by atoms with van der Waals surface area (Å²) in [6.07, 6.45) is 4.20. The SMILES string of the molecule is O=C(c1csc(-c2cnn(-c3ccccc3)c2)n1)N1CCC(B(O)O)C1. The van der Waals surface area contributed by atoms with E-state index in [1.165, 1.54) is 11.3 Å². The van der Waals surface area contributed by atoms with Gasteiger partial charge in [-0.1, -0.05) is 18.2 Å². The summed E-state index contributed by atoms with van der Waals surface area (Å²) in [5.74, 6) is -0.465. The molecule has 4 rings (SSSR count). The van der Waals surface area contributed by atoms with Gasteiger partial charge in [0.15, 0.2) is 0 Å². The third kappa shape index (κ3) is 3.28. The van der Waals surface area contributed by atoms with Gasteiger partial charge in [-0.15, -0.1) is 11.3 Å². The molecule has 1 aliphatic heterocycles. The van der Waals surface area contributed by atoms with Crippen LogP contribution in [0.2, 0.25) is 5.82 Å². The summed E-state index contributed by atoms with van der Waals surface area (Å²) < 4.78 is 1.77. The zero-order valence-corrected chi connectivity index (χ0v) is 14.7. The molecular weight excluding hydrogens is 351 g/mol. The van der Waals surface area contributed by atoms with Gasteiger partial charge in [0.1, 0.15) is 10.7 Å². The highest BCUT2D eigenvalue weighted by Gasteiger charge is 2.34. The minimum absolute atomic E-state index is 0.175. The van der Waals surface area contributed by atoms with E-state index >= 15 is 0 Å². The Labute approximate surface area is 154 Å². The number of likely N-dealkylation sites (tertiary alicyclic amines) is 1. The van der Waals surface area contributed by atoms with Crippen molar-refractivity contribution >= 4 is 24.4 Å². The molecule has 1 amide bonds. The largest absolute Gasteiger partial charge is 0.456 e. The molecule has 0 spiro atoms. The molecule has 1 aliphatic rings. The molecule has 1 fully saturated rings. The lowest BCUT2D eigenvalue weighted by Gasteiger charge is -2.14. The number of thiazole rings is 1. The van der Waals surface area contributed by atoms with E-state index in [0.29, 0.717) is 25.2 Å². The molecule has 26 heavy (non-hydrogen) atoms. The standard InChI is InChI=1S/C17H17BN4O3S/c23-17(21-7-6-13(10-21)18(24)25)15-11-26-16(20-15)12-8-19-22(9-12)14-4-2-1-3-5-14/h1-5,8-9,11,13,24-25H,6-7,10H2. The number of nitrogens with zero attached hydrogens (tertiary/aromatic N) is 4. The number of amides is 1. The lowest BCUT2D eigenvalue weighted by molar-refractivity contribution is 0.0787. The number of hydrogen-bond donors (Lipinski definition) is 2. The van der Waals surface area contributed by atoms with Crippen molar-refractivity contribution in [3.63, 3.8) is 0 Å². The predicted molar refractivity (Wildman–Crippen MR) is 99.1 cm³/mol. The van der Waals surface area contributed by atoms with Crippen molar-refractivity contribution in [1.29, 1.82) is 0 Å². The highest BCUT2D eigenvalue weighted by atomic mass is 32.1. The fourth-order valence-corrected chi connectivity index (χ4v) is 3.81. The first-order valence-electron chi connectivity index (χ1n) is 8.33. The Morgan fingerprint density at radius 1 is 1.27 bits per heavy atom. The Bertz CT molecular complexity index is 912. The number of hydrogen-bond acceptors (Lipinski definition) is 6. The van der Waals surface area contributed by atoms with Crippen molar-refractivity contribution < 1.29 is 14.8 Å². The summed E-state index contributed by atoms with van der Waals surface area (Å²) in [4.78, 5) is 18.6. The minimum atomic E-state index is -1.39. The lowest BCUT2D eigenvalue weighted by atomic mass is 9.72. The van der Waals surface area contributed by atoms with Gasteiger partial charge in [-0.3, -0.25) is 4.79 Å². The van der Waals surface area contributed by atoms with E-state index in [2.05, 4.69) is 10.1 Å². The number of carbonyl (C=O) groups excluding carboxylic acids is 1. The summed E-state index contributed by atoms with van der Waals surface area (Å²) in [5.41, 5.74) is 2.19. The number of carbonyl (C=O) groups is 1. The van der Waals surface area contributed by atoms with Crippen LogP contribution in [-0.4, -0.2) is 55.8 Å². The second-order valence-corrected chi connectivity index (χ2v) is 7.12. The maximum atomic E-state index is 12.6. The molecule has 3 heterocycles. The molecule has 0 radical (unpaired) electrons. The first-order valence-corrected chi connectivity index (χ1v) is 9.21. The average Bonchev–Trinajstić information content (AvgIpc) is 3.41. The second kappa shape index (κ2) is 7.03. The van der Waals surface area contributed by atoms with Gasteiger partial charge >= 0.3 is 7.12 Å². The Morgan fingerprint density at radius 2 is 2.08 bits per heavy atom. The van der Waals surface area contributed by atoms with E-state index < -0.39 is 7.12 Å². The van der Waals surface area contributed by atoms with Crippen LogP contribution < -0.4 is 0 Å². The second-order valence-electron chi connectivity index (χ2n) is 6.26. The van der Waals surface area contributed by atoms with Crippen molar-refractivity contribution in [2.45, 2.75) is 12.2 Å². The Kier molecular flexibility index (Phi) is 4.58. The zero-order valence-electron chi connectivity index (χ0n) is 13.9. The molecule has 1 unspecified atom stereocenters. The van der Waals surface area contributed by atoms with Gasteiger partial charge in [-0.05, 0) is 18.6 Å². The lowest BCUT2D eigenvalue weighted by Crippen LogP contribution is -2.30. The molecule has 3 aromatic rings. The monoisotopic (exact) mass is 368 g/mol. The van der Waals surface area contributed by atoms with E-state index in [9.17, 15) is 14.8 Å². The summed E-state index contributed by atoms with van der Waals surface area (Å²) in [6, 6.07) is 9.78. The van der Waals surface area contributed by atoms with Crippen LogP contribution >= 0.6 is 11.3 Å². The molecule has 0 aliphatic carbocycles. The molecule has 0 bridgehead atoms. The highest BCUT2D eigenvalue weighted by molar-refractivity contribution is 7.13. The number of rotatable bonds is 4. The van der Waals surface area contributed by atoms with Gasteiger partial charge in [0.05, 0.1) is 11.9 Å². The van der Waals surface area contributed by atoms with E-state index in [4.69, 9.17) is 0 Å². The maximum Gasteiger partial charge on any atom is 0.456 e. The van der Waals surface area contributed by atoms with Gasteiger partial charge in [-0.25, -0.2) is 9.67 Å². The van der Waals surface area contributed by atoms with Crippen LogP contribution in [-0.2, 0) is 0 Å². The fourth-order valence-electron chi connectivity index (χ4n) is 3.04. The molecule has 1 saturated heterocycles. The van der Waals surface area contributed by atoms with Gasteiger partial charge in [0.2, 0.25) is 0 Å². The third-order valence-corrected chi connectivity index (χ3v) is 5.40. The van der Waals surface area contributed by atoms with Crippen LogP contribution in [0.5, 0.6) is 0 Å². The average molecular weight is 368 g/mol. The Hall–Kier alpha value is -2.49. The van der Waals surface area contributed by atoms with E-state index in [0.717, 1.165) is 16.3 Å². The predicted octanol–water partition coefficient (Wildman–Crippen LogP) is 1.68. The van der Waals surface area contributed by atoms with Crippen molar-refractivity contribution in [2.75, 3.05) is 13.1 Å². The van der Waals surface area contributed by atoms with Gasteiger partial charge < -0.3 is 14.9 Å². The Balaban J connectivity index is 1.50. The van der Waals surface area contributed by atoms with Gasteiger partial charge in [0, 0.05) is 36.0 Å².